The molecule has 0 fully saturated rings. The molecule has 0 amide bonds. The van der Waals surface area contributed by atoms with Crippen molar-refractivity contribution in [2.45, 2.75) is 135 Å². The maximum Gasteiger partial charge on any atom is 0.341 e. The Morgan fingerprint density at radius 1 is 0.719 bits per heavy atom. The molecule has 0 atom stereocenters. The summed E-state index contributed by atoms with van der Waals surface area (Å²) in [6.07, 6.45) is 23.6. The minimum Gasteiger partial charge on any atom is -0.482 e. The predicted octanol–water partition coefficient (Wildman–Crippen LogP) is 9.08. The molecule has 0 aromatic heterocycles. The molecule has 1 rings (SSSR count). The maximum absolute atomic E-state index is 10.6. The highest BCUT2D eigenvalue weighted by Gasteiger charge is 2.20. The van der Waals surface area contributed by atoms with Gasteiger partial charge in [-0.25, -0.2) is 4.79 Å². The Bertz CT molecular complexity index is 577. The van der Waals surface area contributed by atoms with Gasteiger partial charge in [-0.05, 0) is 29.5 Å². The highest BCUT2D eigenvalue weighted by molar-refractivity contribution is 5.68. The van der Waals surface area contributed by atoms with Crippen LogP contribution in [0.2, 0.25) is 0 Å². The summed E-state index contributed by atoms with van der Waals surface area (Å²) < 4.78 is 5.23. The molecule has 0 saturated carbocycles. The molecule has 32 heavy (non-hydrogen) atoms. The average molecular weight is 447 g/mol. The highest BCUT2D eigenvalue weighted by Crippen LogP contribution is 2.30. The van der Waals surface area contributed by atoms with E-state index in [9.17, 15) is 4.79 Å². The average Bonchev–Trinajstić information content (AvgIpc) is 2.77. The molecule has 1 aromatic rings. The topological polar surface area (TPSA) is 46.5 Å². The van der Waals surface area contributed by atoms with Gasteiger partial charge in [0.05, 0.1) is 0 Å². The Hall–Kier alpha value is -1.51. The summed E-state index contributed by atoms with van der Waals surface area (Å²) in [6.45, 7) is 6.59. The van der Waals surface area contributed by atoms with Gasteiger partial charge in [-0.15, -0.1) is 0 Å². The number of rotatable bonds is 21. The zero-order valence-corrected chi connectivity index (χ0v) is 21.3. The van der Waals surface area contributed by atoms with Crippen LogP contribution in [-0.2, 0) is 10.2 Å². The van der Waals surface area contributed by atoms with Crippen LogP contribution in [0.25, 0.3) is 0 Å². The van der Waals surface area contributed by atoms with Crippen molar-refractivity contribution >= 4 is 5.97 Å². The predicted molar refractivity (Wildman–Crippen MR) is 137 cm³/mol. The molecule has 1 aromatic carbocycles. The van der Waals surface area contributed by atoms with Gasteiger partial charge in [0.15, 0.2) is 6.61 Å². The fourth-order valence-corrected chi connectivity index (χ4v) is 4.41. The van der Waals surface area contributed by atoms with Crippen LogP contribution in [0.15, 0.2) is 24.3 Å². The van der Waals surface area contributed by atoms with E-state index in [4.69, 9.17) is 9.84 Å². The Labute approximate surface area is 198 Å². The van der Waals surface area contributed by atoms with Crippen molar-refractivity contribution in [1.29, 1.82) is 0 Å². The molecule has 0 unspecified atom stereocenters. The first-order chi connectivity index (χ1) is 15.5. The van der Waals surface area contributed by atoms with Gasteiger partial charge in [0.2, 0.25) is 0 Å². The Morgan fingerprint density at radius 3 is 1.53 bits per heavy atom. The van der Waals surface area contributed by atoms with Crippen molar-refractivity contribution in [3.63, 3.8) is 0 Å². The largest absolute Gasteiger partial charge is 0.482 e. The van der Waals surface area contributed by atoms with Crippen LogP contribution in [0.1, 0.15) is 135 Å². The van der Waals surface area contributed by atoms with Crippen molar-refractivity contribution in [3.8, 4) is 5.75 Å². The second-order valence-corrected chi connectivity index (χ2v) is 10.1. The molecule has 3 heteroatoms. The minimum absolute atomic E-state index is 0.140. The number of carbonyl (C=O) groups is 1. The number of hydrogen-bond donors (Lipinski definition) is 1. The zero-order valence-electron chi connectivity index (χ0n) is 21.3. The Morgan fingerprint density at radius 2 is 1.12 bits per heavy atom. The van der Waals surface area contributed by atoms with Crippen molar-refractivity contribution in [1.82, 2.24) is 0 Å². The molecule has 0 aliphatic carbocycles. The highest BCUT2D eigenvalue weighted by atomic mass is 16.5. The summed E-state index contributed by atoms with van der Waals surface area (Å²) in [5.41, 5.74) is 1.43. The third-order valence-corrected chi connectivity index (χ3v) is 6.65. The lowest BCUT2D eigenvalue weighted by Crippen LogP contribution is -2.17. The molecule has 0 heterocycles. The first kappa shape index (κ1) is 28.5. The summed E-state index contributed by atoms with van der Waals surface area (Å²) in [6, 6.07) is 7.91. The molecule has 0 aliphatic heterocycles. The van der Waals surface area contributed by atoms with Gasteiger partial charge in [0.1, 0.15) is 5.75 Å². The molecular weight excluding hydrogens is 396 g/mol. The minimum atomic E-state index is -0.946. The van der Waals surface area contributed by atoms with Gasteiger partial charge in [-0.3, -0.25) is 0 Å². The summed E-state index contributed by atoms with van der Waals surface area (Å²) >= 11 is 0. The Kier molecular flexibility index (Phi) is 16.0. The molecule has 0 saturated heterocycles. The van der Waals surface area contributed by atoms with E-state index in [2.05, 4.69) is 32.9 Å². The van der Waals surface area contributed by atoms with E-state index in [1.54, 1.807) is 0 Å². The second-order valence-electron chi connectivity index (χ2n) is 10.1. The summed E-state index contributed by atoms with van der Waals surface area (Å²) in [5, 5.41) is 8.70. The maximum atomic E-state index is 10.6. The molecule has 1 N–H and O–H groups in total. The lowest BCUT2D eigenvalue weighted by atomic mass is 9.80. The van der Waals surface area contributed by atoms with E-state index in [1.807, 2.05) is 12.1 Å². The molecule has 0 spiro atoms. The summed E-state index contributed by atoms with van der Waals surface area (Å²) in [5.74, 6) is -0.327. The van der Waals surface area contributed by atoms with E-state index in [-0.39, 0.29) is 12.0 Å². The van der Waals surface area contributed by atoms with Gasteiger partial charge < -0.3 is 9.84 Å². The van der Waals surface area contributed by atoms with Gasteiger partial charge in [0.25, 0.3) is 0 Å². The van der Waals surface area contributed by atoms with Gasteiger partial charge in [-0.2, -0.15) is 0 Å². The van der Waals surface area contributed by atoms with Crippen molar-refractivity contribution in [2.24, 2.45) is 0 Å². The number of carboxylic acid groups (broad SMARTS) is 1. The van der Waals surface area contributed by atoms with Crippen molar-refractivity contribution < 1.29 is 14.6 Å². The molecule has 0 radical (unpaired) electrons. The third-order valence-electron chi connectivity index (χ3n) is 6.65. The molecule has 184 valence electrons. The van der Waals surface area contributed by atoms with Crippen LogP contribution in [0.5, 0.6) is 5.75 Å². The number of unbranched alkanes of at least 4 members (excludes halogenated alkanes) is 15. The first-order valence-electron chi connectivity index (χ1n) is 13.4. The van der Waals surface area contributed by atoms with Crippen LogP contribution >= 0.6 is 0 Å². The van der Waals surface area contributed by atoms with Crippen molar-refractivity contribution in [2.75, 3.05) is 6.61 Å². The molecule has 3 nitrogen and oxygen atoms in total. The van der Waals surface area contributed by atoms with E-state index in [0.717, 1.165) is 0 Å². The van der Waals surface area contributed by atoms with Crippen molar-refractivity contribution in [3.05, 3.63) is 29.8 Å². The van der Waals surface area contributed by atoms with E-state index >= 15 is 0 Å². The standard InChI is InChI=1S/C29H50O3/c1-4-5-6-7-8-9-10-11-12-13-14-15-16-17-18-19-24-29(2,3)26-20-22-27(23-21-26)32-25-28(30)31/h20-23H,4-19,24-25H2,1-3H3,(H,30,31). The summed E-state index contributed by atoms with van der Waals surface area (Å²) in [4.78, 5) is 10.6. The van der Waals surface area contributed by atoms with E-state index < -0.39 is 5.97 Å². The summed E-state index contributed by atoms with van der Waals surface area (Å²) in [7, 11) is 0. The normalized spacial score (nSPS) is 11.6. The quantitative estimate of drug-likeness (QED) is 0.191. The van der Waals surface area contributed by atoms with Crippen LogP contribution in [0.3, 0.4) is 0 Å². The van der Waals surface area contributed by atoms with Gasteiger partial charge >= 0.3 is 5.97 Å². The second kappa shape index (κ2) is 18.0. The monoisotopic (exact) mass is 446 g/mol. The van der Waals surface area contributed by atoms with E-state index in [1.165, 1.54) is 115 Å². The van der Waals surface area contributed by atoms with Gasteiger partial charge in [-0.1, -0.05) is 136 Å². The molecule has 0 bridgehead atoms. The lowest BCUT2D eigenvalue weighted by Gasteiger charge is -2.25. The first-order valence-corrected chi connectivity index (χ1v) is 13.4. The Balaban J connectivity index is 1.98. The fraction of sp³-hybridized carbons (Fsp3) is 0.759. The molecular formula is C29H50O3. The SMILES string of the molecule is CCCCCCCCCCCCCCCCCCC(C)(C)c1ccc(OCC(=O)O)cc1. The third kappa shape index (κ3) is 14.5. The van der Waals surface area contributed by atoms with Crippen LogP contribution in [0.4, 0.5) is 0 Å². The lowest BCUT2D eigenvalue weighted by molar-refractivity contribution is -0.139. The van der Waals surface area contributed by atoms with Gasteiger partial charge in [0, 0.05) is 0 Å². The number of carboxylic acids is 1. The number of hydrogen-bond acceptors (Lipinski definition) is 2. The smallest absolute Gasteiger partial charge is 0.341 e. The van der Waals surface area contributed by atoms with Crippen LogP contribution in [0, 0.1) is 0 Å². The molecule has 0 aliphatic rings. The zero-order chi connectivity index (χ0) is 23.5. The number of ether oxygens (including phenoxy) is 1. The number of benzene rings is 1. The fourth-order valence-electron chi connectivity index (χ4n) is 4.41. The van der Waals surface area contributed by atoms with E-state index in [0.29, 0.717) is 5.75 Å². The van der Waals surface area contributed by atoms with Crippen LogP contribution < -0.4 is 4.74 Å². The number of aliphatic carboxylic acids is 1. The van der Waals surface area contributed by atoms with Crippen LogP contribution in [-0.4, -0.2) is 17.7 Å².